The number of carbonyl (C=O) groups excluding carboxylic acids is 1. The van der Waals surface area contributed by atoms with E-state index in [1.54, 1.807) is 25.1 Å². The molecule has 1 N–H and O–H groups in total. The number of H-pyrrole nitrogens is 1. The summed E-state index contributed by atoms with van der Waals surface area (Å²) in [4.78, 5) is 25.8. The van der Waals surface area contributed by atoms with E-state index in [-0.39, 0.29) is 12.2 Å². The molecule has 2 rings (SSSR count). The van der Waals surface area contributed by atoms with Crippen molar-refractivity contribution < 1.29 is 9.53 Å². The van der Waals surface area contributed by atoms with Crippen LogP contribution in [-0.4, -0.2) is 17.6 Å². The Labute approximate surface area is 125 Å². The lowest BCUT2D eigenvalue weighted by Gasteiger charge is -2.07. The maximum absolute atomic E-state index is 11.7. The van der Waals surface area contributed by atoms with Crippen molar-refractivity contribution in [1.29, 1.82) is 0 Å². The van der Waals surface area contributed by atoms with Gasteiger partial charge in [0.25, 0.3) is 5.56 Å². The van der Waals surface area contributed by atoms with E-state index in [0.29, 0.717) is 21.2 Å². The van der Waals surface area contributed by atoms with Crippen LogP contribution in [0.15, 0.2) is 35.3 Å². The summed E-state index contributed by atoms with van der Waals surface area (Å²) < 4.78 is 4.84. The Kier molecular flexibility index (Phi) is 4.47. The molecule has 0 aliphatic carbocycles. The summed E-state index contributed by atoms with van der Waals surface area (Å²) in [6.07, 6.45) is 1.49. The molecule has 0 aliphatic heterocycles. The lowest BCUT2D eigenvalue weighted by molar-refractivity contribution is 0.0524. The number of pyridine rings is 1. The largest absolute Gasteiger partial charge is 0.462 e. The first-order valence-electron chi connectivity index (χ1n) is 5.88. The number of aromatic nitrogens is 1. The topological polar surface area (TPSA) is 59.2 Å². The monoisotopic (exact) mass is 311 g/mol. The van der Waals surface area contributed by atoms with Crippen LogP contribution in [0.3, 0.4) is 0 Å². The van der Waals surface area contributed by atoms with Gasteiger partial charge in [-0.3, -0.25) is 4.79 Å². The average Bonchev–Trinajstić information content (AvgIpc) is 2.40. The Morgan fingerprint density at radius 3 is 2.70 bits per heavy atom. The Morgan fingerprint density at radius 1 is 1.30 bits per heavy atom. The van der Waals surface area contributed by atoms with E-state index in [1.165, 1.54) is 12.3 Å². The second-order valence-corrected chi connectivity index (χ2v) is 4.82. The number of halogens is 2. The van der Waals surface area contributed by atoms with Gasteiger partial charge in [-0.1, -0.05) is 29.3 Å². The van der Waals surface area contributed by atoms with E-state index < -0.39 is 11.5 Å². The van der Waals surface area contributed by atoms with Gasteiger partial charge in [-0.15, -0.1) is 0 Å². The summed E-state index contributed by atoms with van der Waals surface area (Å²) in [5, 5.41) is 0.938. The van der Waals surface area contributed by atoms with E-state index in [9.17, 15) is 9.59 Å². The van der Waals surface area contributed by atoms with E-state index in [4.69, 9.17) is 27.9 Å². The molecule has 0 aliphatic rings. The minimum absolute atomic E-state index is 0.0598. The van der Waals surface area contributed by atoms with Gasteiger partial charge < -0.3 is 9.72 Å². The maximum atomic E-state index is 11.7. The molecule has 0 radical (unpaired) electrons. The fourth-order valence-corrected chi connectivity index (χ4v) is 2.24. The standard InChI is InChI=1S/C14H11Cl2NO3/c1-2-20-14(19)11-5-8(7-17-13(11)18)10-4-3-9(15)6-12(10)16/h3-7H,2H2,1H3,(H,17,18). The summed E-state index contributed by atoms with van der Waals surface area (Å²) in [6.45, 7) is 1.87. The zero-order chi connectivity index (χ0) is 14.7. The fourth-order valence-electron chi connectivity index (χ4n) is 1.72. The summed E-state index contributed by atoms with van der Waals surface area (Å²) >= 11 is 11.9. The fraction of sp³-hybridized carbons (Fsp3) is 0.143. The molecule has 6 heteroatoms. The third-order valence-corrected chi connectivity index (χ3v) is 3.19. The third kappa shape index (κ3) is 3.03. The first-order valence-corrected chi connectivity index (χ1v) is 6.63. The van der Waals surface area contributed by atoms with Crippen molar-refractivity contribution in [2.45, 2.75) is 6.92 Å². The van der Waals surface area contributed by atoms with Crippen LogP contribution in [0.2, 0.25) is 10.0 Å². The Hall–Kier alpha value is -1.78. The molecule has 0 saturated heterocycles. The van der Waals surface area contributed by atoms with Crippen molar-refractivity contribution >= 4 is 29.2 Å². The van der Waals surface area contributed by atoms with Gasteiger partial charge in [-0.25, -0.2) is 4.79 Å². The van der Waals surface area contributed by atoms with Crippen LogP contribution >= 0.6 is 23.2 Å². The molecule has 0 saturated carbocycles. The van der Waals surface area contributed by atoms with Gasteiger partial charge in [0.1, 0.15) is 5.56 Å². The Bertz CT molecular complexity index is 710. The molecule has 0 amide bonds. The first kappa shape index (κ1) is 14.6. The van der Waals surface area contributed by atoms with Crippen LogP contribution in [-0.2, 0) is 4.74 Å². The number of aromatic amines is 1. The minimum Gasteiger partial charge on any atom is -0.462 e. The second-order valence-electron chi connectivity index (χ2n) is 3.98. The van der Waals surface area contributed by atoms with Crippen molar-refractivity contribution in [1.82, 2.24) is 4.98 Å². The second kappa shape index (κ2) is 6.11. The number of esters is 1. The van der Waals surface area contributed by atoms with E-state index >= 15 is 0 Å². The van der Waals surface area contributed by atoms with E-state index in [2.05, 4.69) is 4.98 Å². The molecule has 1 heterocycles. The number of benzene rings is 1. The van der Waals surface area contributed by atoms with Gasteiger partial charge in [-0.2, -0.15) is 0 Å². The molecule has 1 aromatic heterocycles. The summed E-state index contributed by atoms with van der Waals surface area (Å²) in [5.41, 5.74) is 0.708. The van der Waals surface area contributed by atoms with Crippen molar-refractivity contribution in [2.24, 2.45) is 0 Å². The van der Waals surface area contributed by atoms with Crippen LogP contribution in [0, 0.1) is 0 Å². The van der Waals surface area contributed by atoms with Gasteiger partial charge >= 0.3 is 5.97 Å². The smallest absolute Gasteiger partial charge is 0.343 e. The van der Waals surface area contributed by atoms with Crippen molar-refractivity contribution in [3.8, 4) is 11.1 Å². The van der Waals surface area contributed by atoms with Gasteiger partial charge in [0.2, 0.25) is 0 Å². The molecule has 20 heavy (non-hydrogen) atoms. The number of carbonyl (C=O) groups is 1. The molecule has 1 aromatic carbocycles. The molecule has 0 spiro atoms. The number of nitrogens with one attached hydrogen (secondary N) is 1. The molecule has 0 unspecified atom stereocenters. The van der Waals surface area contributed by atoms with Crippen molar-refractivity contribution in [3.63, 3.8) is 0 Å². The molecule has 0 bridgehead atoms. The predicted octanol–water partition coefficient (Wildman–Crippen LogP) is 3.53. The van der Waals surface area contributed by atoms with Crippen LogP contribution < -0.4 is 5.56 Å². The minimum atomic E-state index is -0.666. The number of hydrogen-bond donors (Lipinski definition) is 1. The maximum Gasteiger partial charge on any atom is 0.343 e. The predicted molar refractivity (Wildman–Crippen MR) is 78.5 cm³/mol. The highest BCUT2D eigenvalue weighted by molar-refractivity contribution is 6.36. The van der Waals surface area contributed by atoms with Gasteiger partial charge in [0, 0.05) is 27.4 Å². The Balaban J connectivity index is 2.51. The molecule has 0 atom stereocenters. The van der Waals surface area contributed by atoms with Crippen LogP contribution in [0.5, 0.6) is 0 Å². The average molecular weight is 312 g/mol. The molecule has 2 aromatic rings. The lowest BCUT2D eigenvalue weighted by Crippen LogP contribution is -2.19. The molecule has 104 valence electrons. The number of ether oxygens (including phenoxy) is 1. The van der Waals surface area contributed by atoms with Crippen molar-refractivity contribution in [3.05, 3.63) is 56.4 Å². The Morgan fingerprint density at radius 2 is 2.05 bits per heavy atom. The van der Waals surface area contributed by atoms with Crippen LogP contribution in [0.4, 0.5) is 0 Å². The quantitative estimate of drug-likeness (QED) is 0.882. The van der Waals surface area contributed by atoms with E-state index in [1.807, 2.05) is 0 Å². The van der Waals surface area contributed by atoms with Crippen LogP contribution in [0.1, 0.15) is 17.3 Å². The highest BCUT2D eigenvalue weighted by Crippen LogP contribution is 2.29. The summed E-state index contributed by atoms with van der Waals surface area (Å²) in [7, 11) is 0. The normalized spacial score (nSPS) is 10.3. The summed E-state index contributed by atoms with van der Waals surface area (Å²) in [5.74, 6) is -0.666. The number of hydrogen-bond acceptors (Lipinski definition) is 3. The van der Waals surface area contributed by atoms with Crippen molar-refractivity contribution in [2.75, 3.05) is 6.61 Å². The lowest BCUT2D eigenvalue weighted by atomic mass is 10.1. The molecular formula is C14H11Cl2NO3. The number of rotatable bonds is 3. The first-order chi connectivity index (χ1) is 9.52. The SMILES string of the molecule is CCOC(=O)c1cc(-c2ccc(Cl)cc2Cl)c[nH]c1=O. The summed E-state index contributed by atoms with van der Waals surface area (Å²) in [6, 6.07) is 6.44. The van der Waals surface area contributed by atoms with E-state index in [0.717, 1.165) is 0 Å². The third-order valence-electron chi connectivity index (χ3n) is 2.64. The molecule has 4 nitrogen and oxygen atoms in total. The van der Waals surface area contributed by atoms with Gasteiger partial charge in [0.15, 0.2) is 0 Å². The molecule has 0 fully saturated rings. The van der Waals surface area contributed by atoms with Gasteiger partial charge in [-0.05, 0) is 25.1 Å². The zero-order valence-electron chi connectivity index (χ0n) is 10.6. The van der Waals surface area contributed by atoms with Crippen LogP contribution in [0.25, 0.3) is 11.1 Å². The zero-order valence-corrected chi connectivity index (χ0v) is 12.1. The highest BCUT2D eigenvalue weighted by atomic mass is 35.5. The van der Waals surface area contributed by atoms with Gasteiger partial charge in [0.05, 0.1) is 6.61 Å². The molecular weight excluding hydrogens is 301 g/mol. The highest BCUT2D eigenvalue weighted by Gasteiger charge is 2.14.